The maximum absolute atomic E-state index is 10.3. The number of hydrogen-bond acceptors (Lipinski definition) is 3. The van der Waals surface area contributed by atoms with Gasteiger partial charge in [0.2, 0.25) is 0 Å². The first-order chi connectivity index (χ1) is 9.18. The SMILES string of the molecule is COCCCCCCCCCC=CCC(O)C(=O)O. The maximum atomic E-state index is 10.3. The van der Waals surface area contributed by atoms with Crippen molar-refractivity contribution in [2.75, 3.05) is 13.7 Å². The van der Waals surface area contributed by atoms with Gasteiger partial charge in [-0.2, -0.15) is 0 Å². The Balaban J connectivity index is 3.18. The van der Waals surface area contributed by atoms with E-state index >= 15 is 0 Å². The van der Waals surface area contributed by atoms with Gasteiger partial charge in [0.05, 0.1) is 0 Å². The highest BCUT2D eigenvalue weighted by Crippen LogP contribution is 2.09. The van der Waals surface area contributed by atoms with Crippen LogP contribution >= 0.6 is 0 Å². The molecule has 0 aliphatic rings. The average molecular weight is 272 g/mol. The molecule has 0 heterocycles. The van der Waals surface area contributed by atoms with Crippen LogP contribution in [0.5, 0.6) is 0 Å². The number of ether oxygens (including phenoxy) is 1. The lowest BCUT2D eigenvalue weighted by Crippen LogP contribution is -2.17. The molecule has 2 N–H and O–H groups in total. The molecule has 19 heavy (non-hydrogen) atoms. The molecule has 4 nitrogen and oxygen atoms in total. The third-order valence-electron chi connectivity index (χ3n) is 3.03. The van der Waals surface area contributed by atoms with Gasteiger partial charge in [-0.15, -0.1) is 0 Å². The molecular weight excluding hydrogens is 244 g/mol. The van der Waals surface area contributed by atoms with Crippen LogP contribution in [0.4, 0.5) is 0 Å². The Morgan fingerprint density at radius 1 is 1.05 bits per heavy atom. The highest BCUT2D eigenvalue weighted by atomic mass is 16.5. The van der Waals surface area contributed by atoms with Crippen molar-refractivity contribution in [2.45, 2.75) is 63.9 Å². The van der Waals surface area contributed by atoms with E-state index in [0.717, 1.165) is 25.9 Å². The number of carboxylic acid groups (broad SMARTS) is 1. The molecule has 0 radical (unpaired) electrons. The summed E-state index contributed by atoms with van der Waals surface area (Å²) in [5.74, 6) is -1.15. The molecule has 0 bridgehead atoms. The van der Waals surface area contributed by atoms with E-state index in [1.54, 1.807) is 13.2 Å². The Hall–Kier alpha value is -0.870. The quantitative estimate of drug-likeness (QED) is 0.399. The Kier molecular flexibility index (Phi) is 12.9. The van der Waals surface area contributed by atoms with E-state index in [4.69, 9.17) is 14.9 Å². The van der Waals surface area contributed by atoms with E-state index in [9.17, 15) is 4.79 Å². The van der Waals surface area contributed by atoms with Crippen molar-refractivity contribution in [3.8, 4) is 0 Å². The molecule has 0 rings (SSSR count). The van der Waals surface area contributed by atoms with Crippen molar-refractivity contribution in [1.29, 1.82) is 0 Å². The summed E-state index contributed by atoms with van der Waals surface area (Å²) in [7, 11) is 1.74. The monoisotopic (exact) mass is 272 g/mol. The number of aliphatic hydroxyl groups is 1. The molecule has 0 spiro atoms. The largest absolute Gasteiger partial charge is 0.479 e. The molecule has 0 saturated carbocycles. The summed E-state index contributed by atoms with van der Waals surface area (Å²) in [5.41, 5.74) is 0. The predicted molar refractivity (Wildman–Crippen MR) is 76.2 cm³/mol. The number of carbonyl (C=O) groups is 1. The maximum Gasteiger partial charge on any atom is 0.332 e. The first-order valence-corrected chi connectivity index (χ1v) is 7.23. The molecule has 0 aliphatic heterocycles. The number of hydrogen-bond donors (Lipinski definition) is 2. The van der Waals surface area contributed by atoms with Crippen LogP contribution in [0.3, 0.4) is 0 Å². The number of unbranched alkanes of at least 4 members (excludes halogenated alkanes) is 7. The average Bonchev–Trinajstić information content (AvgIpc) is 2.39. The van der Waals surface area contributed by atoms with E-state index in [0.29, 0.717) is 0 Å². The number of allylic oxidation sites excluding steroid dienone is 1. The van der Waals surface area contributed by atoms with Crippen LogP contribution in [0.1, 0.15) is 57.8 Å². The summed E-state index contributed by atoms with van der Waals surface area (Å²) in [6, 6.07) is 0. The van der Waals surface area contributed by atoms with Crippen LogP contribution in [-0.2, 0) is 9.53 Å². The van der Waals surface area contributed by atoms with Gasteiger partial charge in [0.25, 0.3) is 0 Å². The van der Waals surface area contributed by atoms with Crippen LogP contribution in [-0.4, -0.2) is 36.0 Å². The smallest absolute Gasteiger partial charge is 0.332 e. The van der Waals surface area contributed by atoms with E-state index in [1.165, 1.54) is 32.1 Å². The summed E-state index contributed by atoms with van der Waals surface area (Å²) < 4.78 is 4.99. The summed E-state index contributed by atoms with van der Waals surface area (Å²) in [6.07, 6.45) is 12.2. The lowest BCUT2D eigenvalue weighted by molar-refractivity contribution is -0.146. The minimum Gasteiger partial charge on any atom is -0.479 e. The zero-order chi connectivity index (χ0) is 14.3. The third-order valence-corrected chi connectivity index (χ3v) is 3.03. The molecule has 1 atom stereocenters. The van der Waals surface area contributed by atoms with Gasteiger partial charge in [-0.3, -0.25) is 0 Å². The molecule has 0 fully saturated rings. The van der Waals surface area contributed by atoms with E-state index < -0.39 is 12.1 Å². The van der Waals surface area contributed by atoms with Gasteiger partial charge < -0.3 is 14.9 Å². The molecule has 0 amide bonds. The van der Waals surface area contributed by atoms with E-state index in [2.05, 4.69) is 0 Å². The lowest BCUT2D eigenvalue weighted by atomic mass is 10.1. The summed E-state index contributed by atoms with van der Waals surface area (Å²) in [6.45, 7) is 0.868. The Morgan fingerprint density at radius 3 is 2.21 bits per heavy atom. The molecule has 0 aromatic heterocycles. The topological polar surface area (TPSA) is 66.8 Å². The molecule has 0 saturated heterocycles. The number of methoxy groups -OCH3 is 1. The zero-order valence-corrected chi connectivity index (χ0v) is 12.0. The minimum atomic E-state index is -1.26. The number of rotatable bonds is 13. The van der Waals surface area contributed by atoms with Gasteiger partial charge in [0.1, 0.15) is 0 Å². The fourth-order valence-electron chi connectivity index (χ4n) is 1.84. The Bertz CT molecular complexity index is 238. The molecule has 0 aliphatic carbocycles. The van der Waals surface area contributed by atoms with Crippen LogP contribution in [0.2, 0.25) is 0 Å². The second-order valence-corrected chi connectivity index (χ2v) is 4.82. The second kappa shape index (κ2) is 13.6. The van der Waals surface area contributed by atoms with Gasteiger partial charge in [-0.1, -0.05) is 44.3 Å². The predicted octanol–water partition coefficient (Wildman–Crippen LogP) is 3.15. The van der Waals surface area contributed by atoms with Gasteiger partial charge in [0.15, 0.2) is 6.10 Å². The fourth-order valence-corrected chi connectivity index (χ4v) is 1.84. The summed E-state index contributed by atoms with van der Waals surface area (Å²) in [5, 5.41) is 17.5. The highest BCUT2D eigenvalue weighted by Gasteiger charge is 2.09. The van der Waals surface area contributed by atoms with Crippen LogP contribution < -0.4 is 0 Å². The number of aliphatic carboxylic acids is 1. The highest BCUT2D eigenvalue weighted by molar-refractivity contribution is 5.72. The standard InChI is InChI=1S/C15H28O4/c1-19-13-11-9-7-5-3-2-4-6-8-10-12-14(16)15(17)18/h8,10,14,16H,2-7,9,11-13H2,1H3,(H,17,18). The Morgan fingerprint density at radius 2 is 1.63 bits per heavy atom. The summed E-state index contributed by atoms with van der Waals surface area (Å²) in [4.78, 5) is 10.3. The van der Waals surface area contributed by atoms with E-state index in [1.807, 2.05) is 6.08 Å². The molecular formula is C15H28O4. The lowest BCUT2D eigenvalue weighted by Gasteiger charge is -2.01. The van der Waals surface area contributed by atoms with Gasteiger partial charge >= 0.3 is 5.97 Å². The zero-order valence-electron chi connectivity index (χ0n) is 12.0. The van der Waals surface area contributed by atoms with Gasteiger partial charge in [-0.05, 0) is 19.3 Å². The Labute approximate surface area is 116 Å². The third kappa shape index (κ3) is 13.4. The number of aliphatic hydroxyl groups excluding tert-OH is 1. The van der Waals surface area contributed by atoms with Crippen LogP contribution in [0.15, 0.2) is 12.2 Å². The second-order valence-electron chi connectivity index (χ2n) is 4.82. The first-order valence-electron chi connectivity index (χ1n) is 7.23. The van der Waals surface area contributed by atoms with Crippen molar-refractivity contribution < 1.29 is 19.7 Å². The minimum absolute atomic E-state index is 0.203. The van der Waals surface area contributed by atoms with Crippen molar-refractivity contribution in [2.24, 2.45) is 0 Å². The molecule has 1 unspecified atom stereocenters. The molecule has 0 aromatic carbocycles. The molecule has 112 valence electrons. The summed E-state index contributed by atoms with van der Waals surface area (Å²) >= 11 is 0. The van der Waals surface area contributed by atoms with E-state index in [-0.39, 0.29) is 6.42 Å². The first kappa shape index (κ1) is 18.1. The fraction of sp³-hybridized carbons (Fsp3) is 0.800. The molecule has 4 heteroatoms. The van der Waals surface area contributed by atoms with Crippen molar-refractivity contribution in [3.05, 3.63) is 12.2 Å². The van der Waals surface area contributed by atoms with Crippen LogP contribution in [0.25, 0.3) is 0 Å². The normalized spacial score (nSPS) is 12.9. The van der Waals surface area contributed by atoms with Crippen LogP contribution in [0, 0.1) is 0 Å². The molecule has 0 aromatic rings. The van der Waals surface area contributed by atoms with Crippen molar-refractivity contribution >= 4 is 5.97 Å². The van der Waals surface area contributed by atoms with Crippen molar-refractivity contribution in [1.82, 2.24) is 0 Å². The van der Waals surface area contributed by atoms with Gasteiger partial charge in [-0.25, -0.2) is 4.79 Å². The van der Waals surface area contributed by atoms with Crippen molar-refractivity contribution in [3.63, 3.8) is 0 Å². The number of carboxylic acids is 1. The van der Waals surface area contributed by atoms with Gasteiger partial charge in [0, 0.05) is 20.1 Å².